The number of hydrogen-bond acceptors (Lipinski definition) is 2. The van der Waals surface area contributed by atoms with Gasteiger partial charge in [0.15, 0.2) is 6.17 Å². The number of likely N-dealkylation sites (tertiary alicyclic amines) is 1. The maximum absolute atomic E-state index is 13.2. The largest absolute Gasteiger partial charge is 0.444 e. The van der Waals surface area contributed by atoms with Gasteiger partial charge < -0.3 is 9.64 Å². The van der Waals surface area contributed by atoms with Crippen LogP contribution in [0.3, 0.4) is 0 Å². The maximum atomic E-state index is 13.2. The van der Waals surface area contributed by atoms with Crippen LogP contribution in [0.4, 0.5) is 18.0 Å². The van der Waals surface area contributed by atoms with Gasteiger partial charge in [0.2, 0.25) is 0 Å². The van der Waals surface area contributed by atoms with Gasteiger partial charge in [-0.15, -0.1) is 0 Å². The molecule has 1 aromatic carbocycles. The first-order chi connectivity index (χ1) is 10.2. The Balaban J connectivity index is 1.90. The molecular formula is C16H20F3NO2. The summed E-state index contributed by atoms with van der Waals surface area (Å²) in [4.78, 5) is 13.4. The highest BCUT2D eigenvalue weighted by atomic mass is 19.3. The third-order valence-electron chi connectivity index (χ3n) is 3.48. The Labute approximate surface area is 128 Å². The summed E-state index contributed by atoms with van der Waals surface area (Å²) in [6.45, 7) is 6.44. The van der Waals surface area contributed by atoms with Crippen molar-refractivity contribution >= 4 is 6.09 Å². The van der Waals surface area contributed by atoms with Gasteiger partial charge in [-0.1, -0.05) is 24.3 Å². The molecule has 0 aliphatic carbocycles. The molecule has 1 aliphatic heterocycles. The molecule has 0 N–H and O–H groups in total. The second-order valence-electron chi connectivity index (χ2n) is 6.49. The second-order valence-corrected chi connectivity index (χ2v) is 6.49. The molecular weight excluding hydrogens is 295 g/mol. The smallest absolute Gasteiger partial charge is 0.410 e. The molecule has 0 spiro atoms. The number of halogens is 3. The first kappa shape index (κ1) is 16.6. The topological polar surface area (TPSA) is 29.5 Å². The van der Waals surface area contributed by atoms with E-state index in [1.54, 1.807) is 37.8 Å². The second kappa shape index (κ2) is 6.18. The third-order valence-corrected chi connectivity index (χ3v) is 3.48. The van der Waals surface area contributed by atoms with E-state index < -0.39 is 18.2 Å². The molecule has 1 fully saturated rings. The Bertz CT molecular complexity index is 519. The van der Waals surface area contributed by atoms with Crippen LogP contribution in [-0.2, 0) is 4.74 Å². The number of carbonyl (C=O) groups excluding carboxylic acids is 1. The third kappa shape index (κ3) is 3.93. The molecule has 1 aromatic rings. The van der Waals surface area contributed by atoms with Crippen molar-refractivity contribution in [1.29, 1.82) is 0 Å². The number of benzene rings is 1. The molecule has 1 amide bonds. The average Bonchev–Trinajstić information content (AvgIpc) is 2.34. The van der Waals surface area contributed by atoms with Crippen LogP contribution in [0.2, 0.25) is 0 Å². The zero-order valence-electron chi connectivity index (χ0n) is 12.9. The standard InChI is InChI=1S/C16H20F3NO2/c1-16(2,3)22-15(21)20-8-12(9-20)10-4-6-11(7-5-10)13(17)14(18)19/h4-7,12-14H,8-9H2,1-3H3. The lowest BCUT2D eigenvalue weighted by molar-refractivity contribution is 0.00817. The number of amides is 1. The molecule has 0 bridgehead atoms. The van der Waals surface area contributed by atoms with Crippen LogP contribution in [0.15, 0.2) is 24.3 Å². The molecule has 1 aliphatic rings. The molecule has 1 saturated heterocycles. The minimum absolute atomic E-state index is 0.0259. The van der Waals surface area contributed by atoms with Crippen molar-refractivity contribution in [3.63, 3.8) is 0 Å². The fourth-order valence-corrected chi connectivity index (χ4v) is 2.26. The molecule has 0 aromatic heterocycles. The lowest BCUT2D eigenvalue weighted by Crippen LogP contribution is -2.50. The van der Waals surface area contributed by atoms with E-state index >= 15 is 0 Å². The highest BCUT2D eigenvalue weighted by Crippen LogP contribution is 2.31. The van der Waals surface area contributed by atoms with Crippen molar-refractivity contribution in [2.75, 3.05) is 13.1 Å². The quantitative estimate of drug-likeness (QED) is 0.832. The normalized spacial score (nSPS) is 17.3. The summed E-state index contributed by atoms with van der Waals surface area (Å²) in [5, 5.41) is 0. The average molecular weight is 315 g/mol. The number of nitrogens with zero attached hydrogens (tertiary/aromatic N) is 1. The van der Waals surface area contributed by atoms with Gasteiger partial charge in [-0.05, 0) is 31.9 Å². The van der Waals surface area contributed by atoms with E-state index in [1.807, 2.05) is 0 Å². The molecule has 6 heteroatoms. The van der Waals surface area contributed by atoms with E-state index in [-0.39, 0.29) is 17.6 Å². The minimum Gasteiger partial charge on any atom is -0.444 e. The summed E-state index contributed by atoms with van der Waals surface area (Å²) in [6.07, 6.45) is -5.63. The SMILES string of the molecule is CC(C)(C)OC(=O)N1CC(c2ccc(C(F)C(F)F)cc2)C1. The van der Waals surface area contributed by atoms with E-state index in [9.17, 15) is 18.0 Å². The van der Waals surface area contributed by atoms with Crippen molar-refractivity contribution in [3.05, 3.63) is 35.4 Å². The Morgan fingerprint density at radius 2 is 1.73 bits per heavy atom. The van der Waals surface area contributed by atoms with E-state index in [0.717, 1.165) is 5.56 Å². The zero-order chi connectivity index (χ0) is 16.5. The van der Waals surface area contributed by atoms with Gasteiger partial charge in [-0.25, -0.2) is 18.0 Å². The number of carbonyl (C=O) groups is 1. The summed E-state index contributed by atoms with van der Waals surface area (Å²) in [5.41, 5.74) is 0.349. The molecule has 122 valence electrons. The van der Waals surface area contributed by atoms with Crippen LogP contribution in [0.5, 0.6) is 0 Å². The van der Waals surface area contributed by atoms with E-state index in [4.69, 9.17) is 4.74 Å². The van der Waals surface area contributed by atoms with E-state index in [2.05, 4.69) is 0 Å². The fourth-order valence-electron chi connectivity index (χ4n) is 2.26. The Morgan fingerprint density at radius 1 is 1.18 bits per heavy atom. The summed E-state index contributed by atoms with van der Waals surface area (Å²) < 4.78 is 43.0. The molecule has 22 heavy (non-hydrogen) atoms. The van der Waals surface area contributed by atoms with Crippen LogP contribution in [0, 0.1) is 0 Å². The van der Waals surface area contributed by atoms with Gasteiger partial charge in [-0.2, -0.15) is 0 Å². The van der Waals surface area contributed by atoms with Gasteiger partial charge in [0.1, 0.15) is 5.60 Å². The number of rotatable bonds is 3. The Hall–Kier alpha value is -1.72. The molecule has 1 atom stereocenters. The van der Waals surface area contributed by atoms with Crippen molar-refractivity contribution < 1.29 is 22.7 Å². The molecule has 1 heterocycles. The summed E-state index contributed by atoms with van der Waals surface area (Å²) in [5.74, 6) is 0.131. The van der Waals surface area contributed by atoms with Crippen molar-refractivity contribution in [1.82, 2.24) is 4.90 Å². The Kier molecular flexibility index (Phi) is 4.68. The zero-order valence-corrected chi connectivity index (χ0v) is 12.9. The number of ether oxygens (including phenoxy) is 1. The lowest BCUT2D eigenvalue weighted by Gasteiger charge is -2.40. The number of hydrogen-bond donors (Lipinski definition) is 0. The van der Waals surface area contributed by atoms with Crippen LogP contribution < -0.4 is 0 Å². The van der Waals surface area contributed by atoms with Crippen LogP contribution in [-0.4, -0.2) is 36.1 Å². The molecule has 1 unspecified atom stereocenters. The van der Waals surface area contributed by atoms with Gasteiger partial charge in [0.25, 0.3) is 6.43 Å². The molecule has 0 saturated carbocycles. The van der Waals surface area contributed by atoms with Gasteiger partial charge in [0.05, 0.1) is 0 Å². The highest BCUT2D eigenvalue weighted by molar-refractivity contribution is 5.69. The van der Waals surface area contributed by atoms with E-state index in [1.165, 1.54) is 12.1 Å². The van der Waals surface area contributed by atoms with Crippen LogP contribution >= 0.6 is 0 Å². The monoisotopic (exact) mass is 315 g/mol. The number of alkyl halides is 3. The lowest BCUT2D eigenvalue weighted by atomic mass is 9.91. The van der Waals surface area contributed by atoms with Crippen LogP contribution in [0.25, 0.3) is 0 Å². The molecule has 0 radical (unpaired) electrons. The first-order valence-electron chi connectivity index (χ1n) is 7.17. The van der Waals surface area contributed by atoms with Gasteiger partial charge >= 0.3 is 6.09 Å². The summed E-state index contributed by atoms with van der Waals surface area (Å²) in [6, 6.07) is 6.04. The molecule has 2 rings (SSSR count). The molecule has 3 nitrogen and oxygen atoms in total. The van der Waals surface area contributed by atoms with Crippen molar-refractivity contribution in [2.45, 2.75) is 44.9 Å². The Morgan fingerprint density at radius 3 is 2.18 bits per heavy atom. The summed E-state index contributed by atoms with van der Waals surface area (Å²) >= 11 is 0. The van der Waals surface area contributed by atoms with E-state index in [0.29, 0.717) is 13.1 Å². The maximum Gasteiger partial charge on any atom is 0.410 e. The van der Waals surface area contributed by atoms with Crippen molar-refractivity contribution in [2.24, 2.45) is 0 Å². The van der Waals surface area contributed by atoms with Crippen LogP contribution in [0.1, 0.15) is 44.0 Å². The predicted molar refractivity (Wildman–Crippen MR) is 76.8 cm³/mol. The van der Waals surface area contributed by atoms with Gasteiger partial charge in [0, 0.05) is 19.0 Å². The van der Waals surface area contributed by atoms with Crippen molar-refractivity contribution in [3.8, 4) is 0 Å². The first-order valence-corrected chi connectivity index (χ1v) is 7.17. The van der Waals surface area contributed by atoms with Gasteiger partial charge in [-0.3, -0.25) is 0 Å². The summed E-state index contributed by atoms with van der Waals surface area (Å²) in [7, 11) is 0. The minimum atomic E-state index is -3.02. The fraction of sp³-hybridized carbons (Fsp3) is 0.562. The highest BCUT2D eigenvalue weighted by Gasteiger charge is 2.34. The predicted octanol–water partition coefficient (Wildman–Crippen LogP) is 4.30.